The number of carbonyl (C=O) groups is 1. The summed E-state index contributed by atoms with van der Waals surface area (Å²) >= 11 is 0. The van der Waals surface area contributed by atoms with Crippen LogP contribution in [0.3, 0.4) is 0 Å². The average Bonchev–Trinajstić information content (AvgIpc) is 2.40. The number of rotatable bonds is 3. The SMILES string of the molecule is CC(=O)Nc1ccc(Nc2ccccc2C(C)(C)C)nn1. The van der Waals surface area contributed by atoms with Gasteiger partial charge in [0.1, 0.15) is 0 Å². The Balaban J connectivity index is 2.21. The fourth-order valence-electron chi connectivity index (χ4n) is 2.03. The van der Waals surface area contributed by atoms with E-state index in [9.17, 15) is 4.79 Å². The monoisotopic (exact) mass is 284 g/mol. The molecule has 5 nitrogen and oxygen atoms in total. The number of anilines is 3. The summed E-state index contributed by atoms with van der Waals surface area (Å²) in [5, 5.41) is 13.9. The van der Waals surface area contributed by atoms with Gasteiger partial charge in [-0.1, -0.05) is 39.0 Å². The van der Waals surface area contributed by atoms with E-state index in [-0.39, 0.29) is 11.3 Å². The first kappa shape index (κ1) is 15.0. The maximum atomic E-state index is 10.9. The standard InChI is InChI=1S/C16H20N4O/c1-11(21)17-14-9-10-15(20-19-14)18-13-8-6-5-7-12(13)16(2,3)4/h5-10H,1-4H3,(H,18,20)(H,17,19,21). The summed E-state index contributed by atoms with van der Waals surface area (Å²) in [6.45, 7) is 7.94. The molecule has 110 valence electrons. The smallest absolute Gasteiger partial charge is 0.222 e. The first-order valence-electron chi connectivity index (χ1n) is 6.84. The van der Waals surface area contributed by atoms with Gasteiger partial charge in [-0.2, -0.15) is 0 Å². The van der Waals surface area contributed by atoms with Gasteiger partial charge in [0.2, 0.25) is 5.91 Å². The number of benzene rings is 1. The molecule has 0 aliphatic rings. The molecule has 0 spiro atoms. The van der Waals surface area contributed by atoms with E-state index < -0.39 is 0 Å². The van der Waals surface area contributed by atoms with Gasteiger partial charge < -0.3 is 10.6 Å². The number of para-hydroxylation sites is 1. The van der Waals surface area contributed by atoms with Crippen molar-refractivity contribution in [2.24, 2.45) is 0 Å². The highest BCUT2D eigenvalue weighted by molar-refractivity contribution is 5.87. The van der Waals surface area contributed by atoms with Crippen LogP contribution in [0.25, 0.3) is 0 Å². The largest absolute Gasteiger partial charge is 0.338 e. The van der Waals surface area contributed by atoms with Crippen LogP contribution in [0, 0.1) is 0 Å². The minimum atomic E-state index is -0.164. The van der Waals surface area contributed by atoms with E-state index >= 15 is 0 Å². The maximum Gasteiger partial charge on any atom is 0.222 e. The lowest BCUT2D eigenvalue weighted by Crippen LogP contribution is -2.14. The average molecular weight is 284 g/mol. The molecule has 1 amide bonds. The van der Waals surface area contributed by atoms with Crippen molar-refractivity contribution in [3.8, 4) is 0 Å². The predicted molar refractivity (Wildman–Crippen MR) is 84.8 cm³/mol. The van der Waals surface area contributed by atoms with Gasteiger partial charge in [-0.3, -0.25) is 4.79 Å². The second kappa shape index (κ2) is 5.91. The van der Waals surface area contributed by atoms with E-state index in [4.69, 9.17) is 0 Å². The summed E-state index contributed by atoms with van der Waals surface area (Å²) in [4.78, 5) is 10.9. The van der Waals surface area contributed by atoms with Crippen molar-refractivity contribution in [3.05, 3.63) is 42.0 Å². The van der Waals surface area contributed by atoms with Gasteiger partial charge in [0.15, 0.2) is 11.6 Å². The topological polar surface area (TPSA) is 66.9 Å². The fraction of sp³-hybridized carbons (Fsp3) is 0.312. The normalized spacial score (nSPS) is 11.0. The Morgan fingerprint density at radius 2 is 1.62 bits per heavy atom. The van der Waals surface area contributed by atoms with Crippen LogP contribution in [0.2, 0.25) is 0 Å². The van der Waals surface area contributed by atoms with Crippen LogP contribution in [0.1, 0.15) is 33.3 Å². The predicted octanol–water partition coefficient (Wildman–Crippen LogP) is 3.48. The summed E-state index contributed by atoms with van der Waals surface area (Å²) < 4.78 is 0. The first-order valence-corrected chi connectivity index (χ1v) is 6.84. The van der Waals surface area contributed by atoms with Crippen molar-refractivity contribution >= 4 is 23.2 Å². The van der Waals surface area contributed by atoms with Gasteiger partial charge >= 0.3 is 0 Å². The Hall–Kier alpha value is -2.43. The third-order valence-electron chi connectivity index (χ3n) is 2.97. The molecule has 0 saturated carbocycles. The molecule has 0 bridgehead atoms. The number of hydrogen-bond donors (Lipinski definition) is 2. The number of amides is 1. The molecule has 2 aromatic rings. The second-order valence-electron chi connectivity index (χ2n) is 5.91. The van der Waals surface area contributed by atoms with E-state index in [1.54, 1.807) is 12.1 Å². The molecule has 1 heterocycles. The maximum absolute atomic E-state index is 10.9. The summed E-state index contributed by atoms with van der Waals surface area (Å²) in [5.74, 6) is 0.918. The van der Waals surface area contributed by atoms with Gasteiger partial charge in [-0.25, -0.2) is 0 Å². The van der Waals surface area contributed by atoms with Crippen LogP contribution in [0.4, 0.5) is 17.3 Å². The molecular weight excluding hydrogens is 264 g/mol. The van der Waals surface area contributed by atoms with Crippen LogP contribution >= 0.6 is 0 Å². The quantitative estimate of drug-likeness (QED) is 0.905. The highest BCUT2D eigenvalue weighted by atomic mass is 16.1. The lowest BCUT2D eigenvalue weighted by molar-refractivity contribution is -0.114. The van der Waals surface area contributed by atoms with E-state index in [1.165, 1.54) is 12.5 Å². The molecule has 1 aromatic carbocycles. The Bertz CT molecular complexity index is 629. The molecule has 21 heavy (non-hydrogen) atoms. The van der Waals surface area contributed by atoms with E-state index in [2.05, 4.69) is 47.7 Å². The van der Waals surface area contributed by atoms with Crippen molar-refractivity contribution in [2.45, 2.75) is 33.1 Å². The lowest BCUT2D eigenvalue weighted by atomic mass is 9.86. The van der Waals surface area contributed by atoms with Gasteiger partial charge in [0, 0.05) is 12.6 Å². The zero-order valence-corrected chi connectivity index (χ0v) is 12.8. The molecule has 0 fully saturated rings. The zero-order chi connectivity index (χ0) is 15.5. The van der Waals surface area contributed by atoms with Crippen molar-refractivity contribution in [2.75, 3.05) is 10.6 Å². The van der Waals surface area contributed by atoms with Crippen molar-refractivity contribution < 1.29 is 4.79 Å². The van der Waals surface area contributed by atoms with Gasteiger partial charge in [0.25, 0.3) is 0 Å². The van der Waals surface area contributed by atoms with Crippen LogP contribution in [0.5, 0.6) is 0 Å². The number of nitrogens with zero attached hydrogens (tertiary/aromatic N) is 2. The second-order valence-corrected chi connectivity index (χ2v) is 5.91. The number of hydrogen-bond acceptors (Lipinski definition) is 4. The summed E-state index contributed by atoms with van der Waals surface area (Å²) in [5.41, 5.74) is 2.25. The van der Waals surface area contributed by atoms with Crippen molar-refractivity contribution in [3.63, 3.8) is 0 Å². The van der Waals surface area contributed by atoms with Gasteiger partial charge in [0.05, 0.1) is 0 Å². The lowest BCUT2D eigenvalue weighted by Gasteiger charge is -2.23. The number of carbonyl (C=O) groups excluding carboxylic acids is 1. The van der Waals surface area contributed by atoms with Gasteiger partial charge in [-0.05, 0) is 29.2 Å². The van der Waals surface area contributed by atoms with Crippen LogP contribution < -0.4 is 10.6 Å². The van der Waals surface area contributed by atoms with Gasteiger partial charge in [-0.15, -0.1) is 10.2 Å². The molecule has 0 aliphatic heterocycles. The molecule has 0 radical (unpaired) electrons. The van der Waals surface area contributed by atoms with Crippen LogP contribution in [-0.2, 0) is 10.2 Å². The molecule has 1 aromatic heterocycles. The summed E-state index contributed by atoms with van der Waals surface area (Å²) in [6, 6.07) is 11.6. The zero-order valence-electron chi connectivity index (χ0n) is 12.8. The number of nitrogens with one attached hydrogen (secondary N) is 2. The molecule has 2 rings (SSSR count). The van der Waals surface area contributed by atoms with E-state index in [0.29, 0.717) is 11.6 Å². The molecule has 0 aliphatic carbocycles. The summed E-state index contributed by atoms with van der Waals surface area (Å²) in [7, 11) is 0. The number of aromatic nitrogens is 2. The van der Waals surface area contributed by atoms with Crippen LogP contribution in [-0.4, -0.2) is 16.1 Å². The molecule has 5 heteroatoms. The third-order valence-corrected chi connectivity index (χ3v) is 2.97. The fourth-order valence-corrected chi connectivity index (χ4v) is 2.03. The molecule has 0 unspecified atom stereocenters. The van der Waals surface area contributed by atoms with Crippen molar-refractivity contribution in [1.29, 1.82) is 0 Å². The molecule has 0 saturated heterocycles. The Labute approximate surface area is 124 Å². The Morgan fingerprint density at radius 3 is 2.19 bits per heavy atom. The van der Waals surface area contributed by atoms with Crippen molar-refractivity contribution in [1.82, 2.24) is 10.2 Å². The molecule has 2 N–H and O–H groups in total. The molecular formula is C16H20N4O. The molecule has 0 atom stereocenters. The van der Waals surface area contributed by atoms with E-state index in [1.807, 2.05) is 18.2 Å². The first-order chi connectivity index (χ1) is 9.86. The highest BCUT2D eigenvalue weighted by Gasteiger charge is 2.17. The Morgan fingerprint density at radius 1 is 1.00 bits per heavy atom. The third kappa shape index (κ3) is 4.02. The van der Waals surface area contributed by atoms with E-state index in [0.717, 1.165) is 5.69 Å². The highest BCUT2D eigenvalue weighted by Crippen LogP contribution is 2.30. The van der Waals surface area contributed by atoms with Crippen LogP contribution in [0.15, 0.2) is 36.4 Å². The summed E-state index contributed by atoms with van der Waals surface area (Å²) in [6.07, 6.45) is 0. The Kier molecular flexibility index (Phi) is 4.21. The minimum Gasteiger partial charge on any atom is -0.338 e. The minimum absolute atomic E-state index is 0.0349.